The molecule has 0 saturated heterocycles. The molecule has 0 aliphatic carbocycles. The molecule has 0 radical (unpaired) electrons. The zero-order chi connectivity index (χ0) is 14.4. The van der Waals surface area contributed by atoms with E-state index in [0.717, 1.165) is 6.07 Å². The van der Waals surface area contributed by atoms with Gasteiger partial charge in [0.15, 0.2) is 11.6 Å². The maximum absolute atomic E-state index is 13.8. The van der Waals surface area contributed by atoms with Gasteiger partial charge in [-0.05, 0) is 27.1 Å². The third-order valence-corrected chi connectivity index (χ3v) is 3.34. The lowest BCUT2D eigenvalue weighted by molar-refractivity contribution is 0.109. The maximum atomic E-state index is 13.8. The van der Waals surface area contributed by atoms with Crippen LogP contribution in [0.5, 0.6) is 0 Å². The molecule has 0 saturated carbocycles. The number of benzene rings is 1. The third-order valence-electron chi connectivity index (χ3n) is 3.34. The molecule has 2 unspecified atom stereocenters. The van der Waals surface area contributed by atoms with Crippen molar-refractivity contribution in [2.24, 2.45) is 0 Å². The summed E-state index contributed by atoms with van der Waals surface area (Å²) in [6.45, 7) is 3.19. The molecule has 2 atom stereocenters. The standard InChI is InChI=1S/C14H22F2N2O/c1-10(9-19-4)18(3)8-13(17-2)11-6-5-7-12(15)14(11)16/h5-7,10,13,17H,8-9H2,1-4H3. The van der Waals surface area contributed by atoms with E-state index in [2.05, 4.69) is 10.2 Å². The fourth-order valence-corrected chi connectivity index (χ4v) is 1.97. The fourth-order valence-electron chi connectivity index (χ4n) is 1.97. The molecular weight excluding hydrogens is 250 g/mol. The minimum atomic E-state index is -0.814. The fraction of sp³-hybridized carbons (Fsp3) is 0.571. The first kappa shape index (κ1) is 16.0. The van der Waals surface area contributed by atoms with Crippen molar-refractivity contribution in [3.63, 3.8) is 0 Å². The van der Waals surface area contributed by atoms with Crippen LogP contribution in [0.15, 0.2) is 18.2 Å². The van der Waals surface area contributed by atoms with E-state index >= 15 is 0 Å². The Bertz CT molecular complexity index is 401. The van der Waals surface area contributed by atoms with Gasteiger partial charge >= 0.3 is 0 Å². The van der Waals surface area contributed by atoms with Gasteiger partial charge in [-0.3, -0.25) is 4.90 Å². The quantitative estimate of drug-likeness (QED) is 0.823. The summed E-state index contributed by atoms with van der Waals surface area (Å²) in [6.07, 6.45) is 0. The zero-order valence-electron chi connectivity index (χ0n) is 11.9. The van der Waals surface area contributed by atoms with E-state index in [0.29, 0.717) is 18.7 Å². The lowest BCUT2D eigenvalue weighted by Crippen LogP contribution is -2.39. The summed E-state index contributed by atoms with van der Waals surface area (Å²) < 4.78 is 32.1. The Morgan fingerprint density at radius 1 is 1.37 bits per heavy atom. The molecular formula is C14H22F2N2O. The number of rotatable bonds is 7. The summed E-state index contributed by atoms with van der Waals surface area (Å²) in [6, 6.07) is 4.20. The normalized spacial score (nSPS) is 14.7. The van der Waals surface area contributed by atoms with Gasteiger partial charge in [0.25, 0.3) is 0 Å². The molecule has 0 aliphatic heterocycles. The van der Waals surface area contributed by atoms with Crippen LogP contribution in [-0.4, -0.2) is 45.3 Å². The predicted molar refractivity (Wildman–Crippen MR) is 72.1 cm³/mol. The van der Waals surface area contributed by atoms with E-state index < -0.39 is 11.6 Å². The topological polar surface area (TPSA) is 24.5 Å². The Balaban J connectivity index is 2.81. The Kier molecular flexibility index (Phi) is 6.34. The monoisotopic (exact) mass is 272 g/mol. The van der Waals surface area contributed by atoms with Crippen LogP contribution in [0.3, 0.4) is 0 Å². The third kappa shape index (κ3) is 4.23. The van der Waals surface area contributed by atoms with Crippen molar-refractivity contribution in [1.82, 2.24) is 10.2 Å². The minimum Gasteiger partial charge on any atom is -0.383 e. The van der Waals surface area contributed by atoms with E-state index in [1.807, 2.05) is 14.0 Å². The van der Waals surface area contributed by atoms with Gasteiger partial charge in [-0.15, -0.1) is 0 Å². The number of hydrogen-bond donors (Lipinski definition) is 1. The first-order valence-corrected chi connectivity index (χ1v) is 6.31. The van der Waals surface area contributed by atoms with Crippen LogP contribution in [0.1, 0.15) is 18.5 Å². The van der Waals surface area contributed by atoms with Crippen molar-refractivity contribution in [2.45, 2.75) is 19.0 Å². The number of ether oxygens (including phenoxy) is 1. The van der Waals surface area contributed by atoms with Crippen molar-refractivity contribution in [3.8, 4) is 0 Å². The number of halogens is 2. The van der Waals surface area contributed by atoms with Crippen molar-refractivity contribution in [1.29, 1.82) is 0 Å². The van der Waals surface area contributed by atoms with Crippen LogP contribution in [0.2, 0.25) is 0 Å². The largest absolute Gasteiger partial charge is 0.383 e. The van der Waals surface area contributed by atoms with E-state index in [1.165, 1.54) is 6.07 Å². The highest BCUT2D eigenvalue weighted by molar-refractivity contribution is 5.22. The molecule has 0 bridgehead atoms. The van der Waals surface area contributed by atoms with E-state index in [-0.39, 0.29) is 12.1 Å². The minimum absolute atomic E-state index is 0.206. The van der Waals surface area contributed by atoms with Crippen molar-refractivity contribution in [2.75, 3.05) is 34.4 Å². The molecule has 1 aromatic carbocycles. The SMILES string of the molecule is CNC(CN(C)C(C)COC)c1cccc(F)c1F. The Hall–Kier alpha value is -1.04. The molecule has 0 fully saturated rings. The Morgan fingerprint density at radius 3 is 2.63 bits per heavy atom. The summed E-state index contributed by atoms with van der Waals surface area (Å²) >= 11 is 0. The number of nitrogens with one attached hydrogen (secondary N) is 1. The lowest BCUT2D eigenvalue weighted by atomic mass is 10.1. The van der Waals surface area contributed by atoms with Gasteiger partial charge in [0.2, 0.25) is 0 Å². The van der Waals surface area contributed by atoms with E-state index in [1.54, 1.807) is 20.2 Å². The number of nitrogens with zero attached hydrogens (tertiary/aromatic N) is 1. The molecule has 1 N–H and O–H groups in total. The molecule has 19 heavy (non-hydrogen) atoms. The molecule has 0 amide bonds. The summed E-state index contributed by atoms with van der Waals surface area (Å²) in [5, 5.41) is 3.03. The lowest BCUT2D eigenvalue weighted by Gasteiger charge is -2.29. The molecule has 3 nitrogen and oxygen atoms in total. The molecule has 108 valence electrons. The zero-order valence-corrected chi connectivity index (χ0v) is 11.9. The second kappa shape index (κ2) is 7.53. The predicted octanol–water partition coefficient (Wildman–Crippen LogP) is 2.19. The van der Waals surface area contributed by atoms with Crippen LogP contribution in [0.4, 0.5) is 8.78 Å². The molecule has 0 heterocycles. The van der Waals surface area contributed by atoms with Gasteiger partial charge < -0.3 is 10.1 Å². The average molecular weight is 272 g/mol. The smallest absolute Gasteiger partial charge is 0.163 e. The maximum Gasteiger partial charge on any atom is 0.163 e. The Morgan fingerprint density at radius 2 is 2.05 bits per heavy atom. The molecule has 0 aromatic heterocycles. The molecule has 1 rings (SSSR count). The van der Waals surface area contributed by atoms with Gasteiger partial charge in [-0.25, -0.2) is 8.78 Å². The summed E-state index contributed by atoms with van der Waals surface area (Å²) in [4.78, 5) is 2.05. The Labute approximate surface area is 113 Å². The van der Waals surface area contributed by atoms with Gasteiger partial charge in [0.1, 0.15) is 0 Å². The molecule has 5 heteroatoms. The van der Waals surface area contributed by atoms with Crippen molar-refractivity contribution >= 4 is 0 Å². The van der Waals surface area contributed by atoms with Gasteiger partial charge in [-0.1, -0.05) is 12.1 Å². The first-order valence-electron chi connectivity index (χ1n) is 6.31. The van der Waals surface area contributed by atoms with E-state index in [4.69, 9.17) is 4.74 Å². The average Bonchev–Trinajstić information content (AvgIpc) is 2.39. The number of methoxy groups -OCH3 is 1. The second-order valence-electron chi connectivity index (χ2n) is 4.73. The summed E-state index contributed by atoms with van der Waals surface area (Å²) in [5.74, 6) is -1.60. The van der Waals surface area contributed by atoms with Crippen LogP contribution in [-0.2, 0) is 4.74 Å². The van der Waals surface area contributed by atoms with Crippen LogP contribution in [0, 0.1) is 11.6 Å². The summed E-state index contributed by atoms with van der Waals surface area (Å²) in [5.41, 5.74) is 0.346. The van der Waals surface area contributed by atoms with Crippen LogP contribution in [0.25, 0.3) is 0 Å². The van der Waals surface area contributed by atoms with Crippen LogP contribution >= 0.6 is 0 Å². The highest BCUT2D eigenvalue weighted by Gasteiger charge is 2.20. The van der Waals surface area contributed by atoms with Crippen LogP contribution < -0.4 is 5.32 Å². The van der Waals surface area contributed by atoms with Crippen molar-refractivity contribution < 1.29 is 13.5 Å². The highest BCUT2D eigenvalue weighted by Crippen LogP contribution is 2.20. The van der Waals surface area contributed by atoms with Gasteiger partial charge in [-0.2, -0.15) is 0 Å². The number of likely N-dealkylation sites (N-methyl/N-ethyl adjacent to an activating group) is 2. The second-order valence-corrected chi connectivity index (χ2v) is 4.73. The van der Waals surface area contributed by atoms with Crippen molar-refractivity contribution in [3.05, 3.63) is 35.4 Å². The molecule has 0 aliphatic rings. The molecule has 1 aromatic rings. The molecule has 0 spiro atoms. The van der Waals surface area contributed by atoms with Gasteiger partial charge in [0.05, 0.1) is 6.61 Å². The summed E-state index contributed by atoms with van der Waals surface area (Å²) in [7, 11) is 5.32. The van der Waals surface area contributed by atoms with E-state index in [9.17, 15) is 8.78 Å². The van der Waals surface area contributed by atoms with Gasteiger partial charge in [0, 0.05) is 31.3 Å². The number of hydrogen-bond acceptors (Lipinski definition) is 3. The highest BCUT2D eigenvalue weighted by atomic mass is 19.2. The first-order chi connectivity index (χ1) is 9.01.